The zero-order chi connectivity index (χ0) is 23.3. The van der Waals surface area contributed by atoms with Gasteiger partial charge in [-0.1, -0.05) is 55.8 Å². The molecule has 0 spiro atoms. The van der Waals surface area contributed by atoms with Crippen molar-refractivity contribution in [2.75, 3.05) is 19.7 Å². The van der Waals surface area contributed by atoms with Gasteiger partial charge in [0, 0.05) is 6.54 Å². The van der Waals surface area contributed by atoms with E-state index in [-0.39, 0.29) is 10.8 Å². The van der Waals surface area contributed by atoms with Crippen molar-refractivity contribution in [3.63, 3.8) is 0 Å². The average Bonchev–Trinajstić information content (AvgIpc) is 3.34. The third-order valence-electron chi connectivity index (χ3n) is 5.97. The molecule has 3 aromatic rings. The number of ether oxygens (including phenoxy) is 1. The van der Waals surface area contributed by atoms with Gasteiger partial charge in [0.1, 0.15) is 18.4 Å². The molecular weight excluding hydrogens is 436 g/mol. The quantitative estimate of drug-likeness (QED) is 0.481. The summed E-state index contributed by atoms with van der Waals surface area (Å²) in [5, 5.41) is 4.68. The van der Waals surface area contributed by atoms with Crippen LogP contribution in [0.15, 0.2) is 71.6 Å². The summed E-state index contributed by atoms with van der Waals surface area (Å²) in [5.74, 6) is 0.476. The number of rotatable bonds is 9. The van der Waals surface area contributed by atoms with Crippen molar-refractivity contribution in [2.45, 2.75) is 43.5 Å². The van der Waals surface area contributed by atoms with E-state index >= 15 is 0 Å². The molecule has 33 heavy (non-hydrogen) atoms. The lowest BCUT2D eigenvalue weighted by Crippen LogP contribution is -2.46. The summed E-state index contributed by atoms with van der Waals surface area (Å²) in [6, 6.07) is 20.0. The number of nitrogens with zero attached hydrogens (tertiary/aromatic N) is 1. The largest absolute Gasteiger partial charge is 0.492 e. The van der Waals surface area contributed by atoms with E-state index in [0.717, 1.165) is 29.4 Å². The van der Waals surface area contributed by atoms with E-state index in [9.17, 15) is 13.2 Å². The summed E-state index contributed by atoms with van der Waals surface area (Å²) in [5.41, 5.74) is 1.27. The van der Waals surface area contributed by atoms with E-state index in [2.05, 4.69) is 12.2 Å². The number of amides is 1. The van der Waals surface area contributed by atoms with Crippen LogP contribution in [0.1, 0.15) is 31.7 Å². The van der Waals surface area contributed by atoms with Gasteiger partial charge in [-0.05, 0) is 59.9 Å². The molecule has 7 heteroatoms. The predicted octanol–water partition coefficient (Wildman–Crippen LogP) is 4.14. The summed E-state index contributed by atoms with van der Waals surface area (Å²) in [7, 11) is -3.77. The standard InChI is InChI=1S/C26H30N2O4S/c1-2-6-20-10-13-23(14-11-20)32-18-16-27-26(29)25-9-5-17-28(25)33(30,31)24-15-12-21-7-3-4-8-22(21)19-24/h3-4,7-8,10-15,19,25H,2,5-6,9,16-18H2,1H3,(H,27,29)/t25-/m1/s1. The molecule has 4 rings (SSSR count). The minimum absolute atomic E-state index is 0.218. The van der Waals surface area contributed by atoms with Gasteiger partial charge >= 0.3 is 0 Å². The topological polar surface area (TPSA) is 75.7 Å². The number of carbonyl (C=O) groups excluding carboxylic acids is 1. The van der Waals surface area contributed by atoms with Gasteiger partial charge in [-0.3, -0.25) is 4.79 Å². The van der Waals surface area contributed by atoms with Gasteiger partial charge < -0.3 is 10.1 Å². The number of carbonyl (C=O) groups is 1. The number of fused-ring (bicyclic) bond motifs is 1. The summed E-state index contributed by atoms with van der Waals surface area (Å²) in [6.45, 7) is 3.12. The van der Waals surface area contributed by atoms with Gasteiger partial charge in [0.15, 0.2) is 0 Å². The minimum Gasteiger partial charge on any atom is -0.492 e. The molecule has 0 unspecified atom stereocenters. The van der Waals surface area contributed by atoms with Crippen LogP contribution in [0.4, 0.5) is 0 Å². The minimum atomic E-state index is -3.77. The van der Waals surface area contributed by atoms with E-state index < -0.39 is 16.1 Å². The van der Waals surface area contributed by atoms with Gasteiger partial charge in [-0.2, -0.15) is 4.31 Å². The molecule has 0 saturated carbocycles. The van der Waals surface area contributed by atoms with Gasteiger partial charge in [0.05, 0.1) is 11.4 Å². The molecule has 0 aliphatic carbocycles. The lowest BCUT2D eigenvalue weighted by atomic mass is 10.1. The summed E-state index contributed by atoms with van der Waals surface area (Å²) in [4.78, 5) is 13.0. The van der Waals surface area contributed by atoms with Crippen LogP contribution in [-0.2, 0) is 21.2 Å². The fourth-order valence-electron chi connectivity index (χ4n) is 4.26. The third kappa shape index (κ3) is 5.37. The molecule has 0 bridgehead atoms. The zero-order valence-corrected chi connectivity index (χ0v) is 19.7. The lowest BCUT2D eigenvalue weighted by molar-refractivity contribution is -0.124. The Morgan fingerprint density at radius 2 is 1.82 bits per heavy atom. The van der Waals surface area contributed by atoms with Crippen LogP contribution in [0.2, 0.25) is 0 Å². The van der Waals surface area contributed by atoms with E-state index in [4.69, 9.17) is 4.74 Å². The van der Waals surface area contributed by atoms with Gasteiger partial charge in [0.2, 0.25) is 15.9 Å². The normalized spacial score (nSPS) is 16.7. The molecule has 1 amide bonds. The number of hydrogen-bond donors (Lipinski definition) is 1. The first-order chi connectivity index (χ1) is 16.0. The number of sulfonamides is 1. The van der Waals surface area contributed by atoms with E-state index in [1.807, 2.05) is 48.5 Å². The molecule has 1 fully saturated rings. The molecule has 0 aromatic heterocycles. The fraction of sp³-hybridized carbons (Fsp3) is 0.346. The highest BCUT2D eigenvalue weighted by atomic mass is 32.2. The number of aryl methyl sites for hydroxylation is 1. The summed E-state index contributed by atoms with van der Waals surface area (Å²) in [6.07, 6.45) is 3.31. The van der Waals surface area contributed by atoms with Crippen molar-refractivity contribution in [3.05, 3.63) is 72.3 Å². The fourth-order valence-corrected chi connectivity index (χ4v) is 5.95. The Hall–Kier alpha value is -2.90. The van der Waals surface area contributed by atoms with Crippen molar-refractivity contribution >= 4 is 26.7 Å². The van der Waals surface area contributed by atoms with Crippen molar-refractivity contribution in [2.24, 2.45) is 0 Å². The SMILES string of the molecule is CCCc1ccc(OCCNC(=O)[C@H]2CCCN2S(=O)(=O)c2ccc3ccccc3c2)cc1. The van der Waals surface area contributed by atoms with Crippen molar-refractivity contribution in [1.82, 2.24) is 9.62 Å². The Balaban J connectivity index is 1.35. The second-order valence-electron chi connectivity index (χ2n) is 8.32. The molecule has 1 atom stereocenters. The maximum absolute atomic E-state index is 13.3. The molecule has 174 valence electrons. The lowest BCUT2D eigenvalue weighted by Gasteiger charge is -2.23. The first-order valence-corrected chi connectivity index (χ1v) is 12.9. The molecular formula is C26H30N2O4S. The van der Waals surface area contributed by atoms with Crippen molar-refractivity contribution < 1.29 is 17.9 Å². The first-order valence-electron chi connectivity index (χ1n) is 11.5. The van der Waals surface area contributed by atoms with E-state index in [1.54, 1.807) is 18.2 Å². The van der Waals surface area contributed by atoms with Crippen LogP contribution < -0.4 is 10.1 Å². The van der Waals surface area contributed by atoms with Crippen molar-refractivity contribution in [3.8, 4) is 5.75 Å². The van der Waals surface area contributed by atoms with Crippen LogP contribution >= 0.6 is 0 Å². The third-order valence-corrected chi connectivity index (χ3v) is 7.87. The molecule has 0 radical (unpaired) electrons. The number of benzene rings is 3. The predicted molar refractivity (Wildman–Crippen MR) is 130 cm³/mol. The van der Waals surface area contributed by atoms with Crippen LogP contribution in [0.3, 0.4) is 0 Å². The maximum Gasteiger partial charge on any atom is 0.243 e. The second kappa shape index (κ2) is 10.4. The first kappa shape index (κ1) is 23.3. The van der Waals surface area contributed by atoms with E-state index in [0.29, 0.717) is 32.5 Å². The van der Waals surface area contributed by atoms with Gasteiger partial charge in [-0.25, -0.2) is 8.42 Å². The van der Waals surface area contributed by atoms with Crippen LogP contribution in [-0.4, -0.2) is 44.4 Å². The average molecular weight is 467 g/mol. The van der Waals surface area contributed by atoms with Crippen molar-refractivity contribution in [1.29, 1.82) is 0 Å². The molecule has 1 aliphatic heterocycles. The van der Waals surface area contributed by atoms with Gasteiger partial charge in [-0.15, -0.1) is 0 Å². The number of nitrogens with one attached hydrogen (secondary N) is 1. The molecule has 1 aliphatic rings. The van der Waals surface area contributed by atoms with E-state index in [1.165, 1.54) is 9.87 Å². The summed E-state index contributed by atoms with van der Waals surface area (Å²) < 4.78 is 33.6. The molecule has 6 nitrogen and oxygen atoms in total. The zero-order valence-electron chi connectivity index (χ0n) is 18.9. The Bertz CT molecular complexity index is 1210. The van der Waals surface area contributed by atoms with Gasteiger partial charge in [0.25, 0.3) is 0 Å². The highest BCUT2D eigenvalue weighted by Gasteiger charge is 2.39. The van der Waals surface area contributed by atoms with Crippen LogP contribution in [0, 0.1) is 0 Å². The van der Waals surface area contributed by atoms with Crippen LogP contribution in [0.5, 0.6) is 5.75 Å². The Labute approximate surface area is 195 Å². The maximum atomic E-state index is 13.3. The highest BCUT2D eigenvalue weighted by molar-refractivity contribution is 7.89. The Morgan fingerprint density at radius 1 is 1.06 bits per heavy atom. The molecule has 1 N–H and O–H groups in total. The Kier molecular flexibility index (Phi) is 7.30. The highest BCUT2D eigenvalue weighted by Crippen LogP contribution is 2.28. The number of hydrogen-bond acceptors (Lipinski definition) is 4. The monoisotopic (exact) mass is 466 g/mol. The smallest absolute Gasteiger partial charge is 0.243 e. The Morgan fingerprint density at radius 3 is 2.58 bits per heavy atom. The molecule has 1 heterocycles. The summed E-state index contributed by atoms with van der Waals surface area (Å²) >= 11 is 0. The van der Waals surface area contributed by atoms with Crippen LogP contribution in [0.25, 0.3) is 10.8 Å². The molecule has 3 aromatic carbocycles. The second-order valence-corrected chi connectivity index (χ2v) is 10.2. The molecule has 1 saturated heterocycles.